The number of rotatable bonds is 5. The number of aryl methyl sites for hydroxylation is 2. The number of imidazole rings is 1. The minimum atomic E-state index is -0.344. The Morgan fingerprint density at radius 1 is 1.30 bits per heavy atom. The normalized spacial score (nSPS) is 11.5. The fourth-order valence-corrected chi connectivity index (χ4v) is 3.54. The SMILES string of the molecule is Cc1nc2scc(C)n2c1/C=N/NC(=O)Cn1nnc(-c2ccccc2)n1. The van der Waals surface area contributed by atoms with Gasteiger partial charge in [0.15, 0.2) is 4.96 Å². The van der Waals surface area contributed by atoms with Crippen molar-refractivity contribution in [1.82, 2.24) is 35.0 Å². The number of thiazole rings is 1. The number of carbonyl (C=O) groups excluding carboxylic acids is 1. The number of tetrazole rings is 1. The fourth-order valence-electron chi connectivity index (χ4n) is 2.62. The van der Waals surface area contributed by atoms with E-state index in [4.69, 9.17) is 0 Å². The van der Waals surface area contributed by atoms with E-state index in [0.29, 0.717) is 5.82 Å². The summed E-state index contributed by atoms with van der Waals surface area (Å²) in [5.74, 6) is 0.126. The molecule has 9 nitrogen and oxygen atoms in total. The molecule has 0 radical (unpaired) electrons. The van der Waals surface area contributed by atoms with Crippen LogP contribution in [0.2, 0.25) is 0 Å². The molecule has 0 bridgehead atoms. The van der Waals surface area contributed by atoms with Crippen molar-refractivity contribution in [2.45, 2.75) is 20.4 Å². The third kappa shape index (κ3) is 3.47. The highest BCUT2D eigenvalue weighted by Gasteiger charge is 2.11. The van der Waals surface area contributed by atoms with Gasteiger partial charge in [0.1, 0.15) is 6.54 Å². The topological polar surface area (TPSA) is 102 Å². The first-order valence-electron chi connectivity index (χ1n) is 8.20. The van der Waals surface area contributed by atoms with E-state index in [1.807, 2.05) is 54.0 Å². The summed E-state index contributed by atoms with van der Waals surface area (Å²) < 4.78 is 2.00. The number of fused-ring (bicyclic) bond motifs is 1. The monoisotopic (exact) mass is 380 g/mol. The first-order valence-corrected chi connectivity index (χ1v) is 9.08. The Bertz CT molecular complexity index is 1120. The molecule has 0 saturated carbocycles. The van der Waals surface area contributed by atoms with Crippen molar-refractivity contribution >= 4 is 28.4 Å². The van der Waals surface area contributed by atoms with E-state index < -0.39 is 0 Å². The second kappa shape index (κ2) is 7.08. The molecule has 0 aliphatic rings. The van der Waals surface area contributed by atoms with E-state index >= 15 is 0 Å². The van der Waals surface area contributed by atoms with E-state index in [1.54, 1.807) is 17.6 Å². The van der Waals surface area contributed by atoms with Gasteiger partial charge in [-0.25, -0.2) is 10.4 Å². The minimum absolute atomic E-state index is 0.0740. The Morgan fingerprint density at radius 3 is 2.93 bits per heavy atom. The van der Waals surface area contributed by atoms with Crippen LogP contribution in [-0.2, 0) is 11.3 Å². The molecule has 27 heavy (non-hydrogen) atoms. The first kappa shape index (κ1) is 17.0. The van der Waals surface area contributed by atoms with Crippen molar-refractivity contribution < 1.29 is 4.79 Å². The summed E-state index contributed by atoms with van der Waals surface area (Å²) in [6.07, 6.45) is 1.59. The van der Waals surface area contributed by atoms with Gasteiger partial charge in [-0.3, -0.25) is 9.20 Å². The lowest BCUT2D eigenvalue weighted by Gasteiger charge is -1.99. The van der Waals surface area contributed by atoms with Crippen LogP contribution in [0.25, 0.3) is 16.3 Å². The second-order valence-electron chi connectivity index (χ2n) is 5.88. The standard InChI is InChI=1S/C17H16N8OS/c1-11-10-27-17-19-12(2)14(25(11)17)8-18-20-15(26)9-24-22-16(21-23-24)13-6-4-3-5-7-13/h3-8,10H,9H2,1-2H3,(H,20,26)/b18-8+. The quantitative estimate of drug-likeness (QED) is 0.420. The molecule has 0 atom stereocenters. The smallest absolute Gasteiger partial charge is 0.263 e. The molecule has 1 aromatic carbocycles. The molecule has 0 unspecified atom stereocenters. The van der Waals surface area contributed by atoms with Crippen LogP contribution in [0.15, 0.2) is 40.8 Å². The van der Waals surface area contributed by atoms with E-state index in [2.05, 4.69) is 30.9 Å². The number of amides is 1. The molecule has 1 N–H and O–H groups in total. The number of nitrogens with one attached hydrogen (secondary N) is 1. The fraction of sp³-hybridized carbons (Fsp3) is 0.176. The van der Waals surface area contributed by atoms with Gasteiger partial charge in [0.25, 0.3) is 5.91 Å². The summed E-state index contributed by atoms with van der Waals surface area (Å²) in [7, 11) is 0. The number of hydrazone groups is 1. The molecule has 0 aliphatic carbocycles. The molecule has 10 heteroatoms. The first-order chi connectivity index (χ1) is 13.1. The predicted molar refractivity (Wildman–Crippen MR) is 102 cm³/mol. The van der Waals surface area contributed by atoms with Crippen LogP contribution >= 0.6 is 11.3 Å². The summed E-state index contributed by atoms with van der Waals surface area (Å²) in [4.78, 5) is 18.7. The highest BCUT2D eigenvalue weighted by molar-refractivity contribution is 7.15. The van der Waals surface area contributed by atoms with E-state index in [0.717, 1.165) is 27.6 Å². The predicted octanol–water partition coefficient (Wildman–Crippen LogP) is 1.82. The zero-order valence-corrected chi connectivity index (χ0v) is 15.5. The summed E-state index contributed by atoms with van der Waals surface area (Å²) >= 11 is 1.57. The molecular formula is C17H16N8OS. The van der Waals surface area contributed by atoms with Crippen LogP contribution in [0.4, 0.5) is 0 Å². The lowest BCUT2D eigenvalue weighted by molar-refractivity contribution is -0.122. The number of hydrogen-bond donors (Lipinski definition) is 1. The van der Waals surface area contributed by atoms with Gasteiger partial charge < -0.3 is 0 Å². The molecule has 1 amide bonds. The number of benzene rings is 1. The maximum atomic E-state index is 12.1. The second-order valence-corrected chi connectivity index (χ2v) is 6.72. The summed E-state index contributed by atoms with van der Waals surface area (Å²) in [6, 6.07) is 9.46. The third-order valence-electron chi connectivity index (χ3n) is 3.90. The van der Waals surface area contributed by atoms with Crippen molar-refractivity contribution in [1.29, 1.82) is 0 Å². The Kier molecular flexibility index (Phi) is 4.47. The van der Waals surface area contributed by atoms with Gasteiger partial charge in [0.05, 0.1) is 17.6 Å². The Morgan fingerprint density at radius 2 is 2.11 bits per heavy atom. The van der Waals surface area contributed by atoms with Crippen LogP contribution in [0, 0.1) is 13.8 Å². The number of nitrogens with zero attached hydrogens (tertiary/aromatic N) is 7. The minimum Gasteiger partial charge on any atom is -0.286 e. The van der Waals surface area contributed by atoms with Gasteiger partial charge in [0, 0.05) is 16.6 Å². The zero-order valence-electron chi connectivity index (χ0n) is 14.7. The van der Waals surface area contributed by atoms with Crippen molar-refractivity contribution in [3.8, 4) is 11.4 Å². The van der Waals surface area contributed by atoms with Gasteiger partial charge in [-0.05, 0) is 19.1 Å². The Hall–Kier alpha value is -3.40. The van der Waals surface area contributed by atoms with E-state index in [9.17, 15) is 4.79 Å². The maximum Gasteiger partial charge on any atom is 0.263 e. The lowest BCUT2D eigenvalue weighted by Crippen LogP contribution is -2.24. The zero-order chi connectivity index (χ0) is 18.8. The largest absolute Gasteiger partial charge is 0.286 e. The molecule has 3 heterocycles. The van der Waals surface area contributed by atoms with Crippen LogP contribution in [0.1, 0.15) is 17.1 Å². The molecule has 4 rings (SSSR count). The van der Waals surface area contributed by atoms with Crippen molar-refractivity contribution in [2.24, 2.45) is 5.10 Å². The molecule has 0 saturated heterocycles. The van der Waals surface area contributed by atoms with E-state index in [-0.39, 0.29) is 12.5 Å². The summed E-state index contributed by atoms with van der Waals surface area (Å²) in [5, 5.41) is 18.1. The number of hydrogen-bond acceptors (Lipinski definition) is 7. The molecule has 0 aliphatic heterocycles. The van der Waals surface area contributed by atoms with Crippen molar-refractivity contribution in [3.05, 3.63) is 52.8 Å². The maximum absolute atomic E-state index is 12.1. The molecule has 0 spiro atoms. The van der Waals surface area contributed by atoms with Gasteiger partial charge in [0.2, 0.25) is 5.82 Å². The molecular weight excluding hydrogens is 364 g/mol. The lowest BCUT2D eigenvalue weighted by atomic mass is 10.2. The highest BCUT2D eigenvalue weighted by atomic mass is 32.1. The van der Waals surface area contributed by atoms with Crippen LogP contribution in [0.3, 0.4) is 0 Å². The van der Waals surface area contributed by atoms with Gasteiger partial charge in [-0.2, -0.15) is 9.90 Å². The molecule has 3 aromatic heterocycles. The van der Waals surface area contributed by atoms with Crippen LogP contribution in [-0.4, -0.2) is 41.7 Å². The van der Waals surface area contributed by atoms with Crippen LogP contribution < -0.4 is 5.43 Å². The summed E-state index contributed by atoms with van der Waals surface area (Å²) in [6.45, 7) is 3.84. The average Bonchev–Trinajstić information content (AvgIpc) is 3.34. The average molecular weight is 380 g/mol. The van der Waals surface area contributed by atoms with Gasteiger partial charge in [-0.15, -0.1) is 21.5 Å². The Labute approximate surface area is 158 Å². The van der Waals surface area contributed by atoms with Crippen molar-refractivity contribution in [3.63, 3.8) is 0 Å². The Balaban J connectivity index is 1.41. The van der Waals surface area contributed by atoms with Crippen LogP contribution in [0.5, 0.6) is 0 Å². The van der Waals surface area contributed by atoms with E-state index in [1.165, 1.54) is 4.80 Å². The highest BCUT2D eigenvalue weighted by Crippen LogP contribution is 2.19. The third-order valence-corrected chi connectivity index (χ3v) is 4.84. The molecule has 136 valence electrons. The van der Waals surface area contributed by atoms with Crippen molar-refractivity contribution in [2.75, 3.05) is 0 Å². The van der Waals surface area contributed by atoms with Gasteiger partial charge in [-0.1, -0.05) is 30.3 Å². The summed E-state index contributed by atoms with van der Waals surface area (Å²) in [5.41, 5.74) is 6.10. The number of carbonyl (C=O) groups is 1. The molecule has 0 fully saturated rings. The van der Waals surface area contributed by atoms with Gasteiger partial charge >= 0.3 is 0 Å². The molecule has 4 aromatic rings. The number of aromatic nitrogens is 6.